The molecule has 1 amide bonds. The molecule has 98 valence electrons. The standard InChI is InChI=1S/C14H26N2O/c1-14(2,3)13(17)16-12-11-7-5-4-6-10(11)8-9-15-12/h10-12,15H,4-9H2,1-3H3,(H,16,17). The minimum Gasteiger partial charge on any atom is -0.340 e. The van der Waals surface area contributed by atoms with Gasteiger partial charge in [-0.1, -0.05) is 40.0 Å². The van der Waals surface area contributed by atoms with Gasteiger partial charge in [0, 0.05) is 5.41 Å². The monoisotopic (exact) mass is 238 g/mol. The van der Waals surface area contributed by atoms with Crippen LogP contribution in [0.1, 0.15) is 52.9 Å². The van der Waals surface area contributed by atoms with E-state index in [0.29, 0.717) is 5.92 Å². The van der Waals surface area contributed by atoms with E-state index in [2.05, 4.69) is 10.6 Å². The lowest BCUT2D eigenvalue weighted by Crippen LogP contribution is -2.58. The predicted octanol–water partition coefficient (Wildman–Crippen LogP) is 2.27. The third-order valence-electron chi connectivity index (χ3n) is 4.24. The van der Waals surface area contributed by atoms with Gasteiger partial charge in [-0.25, -0.2) is 0 Å². The van der Waals surface area contributed by atoms with Crippen molar-refractivity contribution < 1.29 is 4.79 Å². The molecule has 0 bridgehead atoms. The molecule has 1 heterocycles. The maximum absolute atomic E-state index is 12.1. The van der Waals surface area contributed by atoms with Crippen molar-refractivity contribution in [1.82, 2.24) is 10.6 Å². The average Bonchev–Trinajstić information content (AvgIpc) is 2.28. The van der Waals surface area contributed by atoms with Gasteiger partial charge in [-0.15, -0.1) is 0 Å². The van der Waals surface area contributed by atoms with Crippen LogP contribution in [0.25, 0.3) is 0 Å². The van der Waals surface area contributed by atoms with Crippen LogP contribution in [0.2, 0.25) is 0 Å². The van der Waals surface area contributed by atoms with Gasteiger partial charge in [-0.05, 0) is 31.2 Å². The summed E-state index contributed by atoms with van der Waals surface area (Å²) in [5.41, 5.74) is -0.288. The highest BCUT2D eigenvalue weighted by molar-refractivity contribution is 5.81. The molecule has 1 aliphatic heterocycles. The zero-order valence-corrected chi connectivity index (χ0v) is 11.4. The van der Waals surface area contributed by atoms with Crippen molar-refractivity contribution in [1.29, 1.82) is 0 Å². The maximum Gasteiger partial charge on any atom is 0.226 e. The number of carbonyl (C=O) groups excluding carboxylic acids is 1. The van der Waals surface area contributed by atoms with Gasteiger partial charge < -0.3 is 5.32 Å². The predicted molar refractivity (Wildman–Crippen MR) is 69.5 cm³/mol. The topological polar surface area (TPSA) is 41.1 Å². The summed E-state index contributed by atoms with van der Waals surface area (Å²) < 4.78 is 0. The molecule has 3 atom stereocenters. The molecule has 2 rings (SSSR count). The Morgan fingerprint density at radius 3 is 2.59 bits per heavy atom. The Kier molecular flexibility index (Phi) is 3.76. The van der Waals surface area contributed by atoms with E-state index >= 15 is 0 Å². The second-order valence-corrected chi connectivity index (χ2v) is 6.65. The van der Waals surface area contributed by atoms with Crippen LogP contribution in [-0.4, -0.2) is 18.6 Å². The number of hydrogen-bond donors (Lipinski definition) is 2. The van der Waals surface area contributed by atoms with Crippen molar-refractivity contribution in [2.24, 2.45) is 17.3 Å². The van der Waals surface area contributed by atoms with Crippen molar-refractivity contribution in [3.8, 4) is 0 Å². The lowest BCUT2D eigenvalue weighted by atomic mass is 9.73. The van der Waals surface area contributed by atoms with E-state index in [1.54, 1.807) is 0 Å². The second-order valence-electron chi connectivity index (χ2n) is 6.65. The van der Waals surface area contributed by atoms with E-state index in [1.807, 2.05) is 20.8 Å². The summed E-state index contributed by atoms with van der Waals surface area (Å²) in [4.78, 5) is 12.1. The highest BCUT2D eigenvalue weighted by Gasteiger charge is 2.36. The van der Waals surface area contributed by atoms with E-state index < -0.39 is 0 Å². The first-order valence-electron chi connectivity index (χ1n) is 7.03. The third-order valence-corrected chi connectivity index (χ3v) is 4.24. The van der Waals surface area contributed by atoms with Gasteiger partial charge in [-0.2, -0.15) is 0 Å². The van der Waals surface area contributed by atoms with Crippen LogP contribution < -0.4 is 10.6 Å². The summed E-state index contributed by atoms with van der Waals surface area (Å²) >= 11 is 0. The quantitative estimate of drug-likeness (QED) is 0.736. The van der Waals surface area contributed by atoms with Crippen molar-refractivity contribution >= 4 is 5.91 Å². The highest BCUT2D eigenvalue weighted by atomic mass is 16.2. The molecule has 2 fully saturated rings. The van der Waals surface area contributed by atoms with Gasteiger partial charge >= 0.3 is 0 Å². The lowest BCUT2D eigenvalue weighted by Gasteiger charge is -2.42. The number of rotatable bonds is 1. The summed E-state index contributed by atoms with van der Waals surface area (Å²) in [6.45, 7) is 6.98. The number of piperidine rings is 1. The van der Waals surface area contributed by atoms with Gasteiger partial charge in [0.05, 0.1) is 6.17 Å². The summed E-state index contributed by atoms with van der Waals surface area (Å²) in [6, 6.07) is 0. The minimum atomic E-state index is -0.288. The third kappa shape index (κ3) is 3.01. The van der Waals surface area contributed by atoms with E-state index in [-0.39, 0.29) is 17.5 Å². The van der Waals surface area contributed by atoms with Crippen LogP contribution in [0.4, 0.5) is 0 Å². The second kappa shape index (κ2) is 4.97. The van der Waals surface area contributed by atoms with Gasteiger partial charge in [0.25, 0.3) is 0 Å². The molecular weight excluding hydrogens is 212 g/mol. The fourth-order valence-electron chi connectivity index (χ4n) is 3.13. The molecule has 3 heteroatoms. The summed E-state index contributed by atoms with van der Waals surface area (Å²) in [5, 5.41) is 6.70. The number of carbonyl (C=O) groups is 1. The van der Waals surface area contributed by atoms with Crippen molar-refractivity contribution in [3.05, 3.63) is 0 Å². The SMILES string of the molecule is CC(C)(C)C(=O)NC1NCCC2CCCCC21. The molecule has 2 N–H and O–H groups in total. The van der Waals surface area contributed by atoms with Gasteiger partial charge in [0.2, 0.25) is 5.91 Å². The smallest absolute Gasteiger partial charge is 0.226 e. The zero-order valence-electron chi connectivity index (χ0n) is 11.4. The molecule has 0 spiro atoms. The molecule has 2 aliphatic rings. The van der Waals surface area contributed by atoms with Crippen LogP contribution in [0, 0.1) is 17.3 Å². The van der Waals surface area contributed by atoms with E-state index in [9.17, 15) is 4.79 Å². The number of amides is 1. The van der Waals surface area contributed by atoms with Gasteiger partial charge in [-0.3, -0.25) is 10.1 Å². The van der Waals surface area contributed by atoms with Crippen LogP contribution in [0.15, 0.2) is 0 Å². The van der Waals surface area contributed by atoms with Crippen molar-refractivity contribution in [3.63, 3.8) is 0 Å². The zero-order chi connectivity index (χ0) is 12.5. The minimum absolute atomic E-state index is 0.168. The Balaban J connectivity index is 1.97. The molecule has 17 heavy (non-hydrogen) atoms. The van der Waals surface area contributed by atoms with E-state index in [4.69, 9.17) is 0 Å². The largest absolute Gasteiger partial charge is 0.340 e. The summed E-state index contributed by atoms with van der Waals surface area (Å²) in [7, 11) is 0. The van der Waals surface area contributed by atoms with Crippen molar-refractivity contribution in [2.45, 2.75) is 59.0 Å². The van der Waals surface area contributed by atoms with Crippen LogP contribution in [0.5, 0.6) is 0 Å². The first kappa shape index (κ1) is 12.9. The Labute approximate surface area is 105 Å². The number of hydrogen-bond acceptors (Lipinski definition) is 2. The summed E-state index contributed by atoms with van der Waals surface area (Å²) in [5.74, 6) is 1.65. The molecule has 0 radical (unpaired) electrons. The number of nitrogens with one attached hydrogen (secondary N) is 2. The Morgan fingerprint density at radius 1 is 1.18 bits per heavy atom. The normalized spacial score (nSPS) is 33.9. The van der Waals surface area contributed by atoms with E-state index in [0.717, 1.165) is 12.5 Å². The molecule has 0 aromatic heterocycles. The molecule has 0 aromatic rings. The molecule has 1 saturated carbocycles. The molecule has 3 nitrogen and oxygen atoms in total. The average molecular weight is 238 g/mol. The Morgan fingerprint density at radius 2 is 1.88 bits per heavy atom. The molecule has 0 aromatic carbocycles. The molecule has 1 saturated heterocycles. The fraction of sp³-hybridized carbons (Fsp3) is 0.929. The van der Waals surface area contributed by atoms with Crippen molar-refractivity contribution in [2.75, 3.05) is 6.54 Å². The van der Waals surface area contributed by atoms with Gasteiger partial charge in [0.1, 0.15) is 0 Å². The highest BCUT2D eigenvalue weighted by Crippen LogP contribution is 2.36. The lowest BCUT2D eigenvalue weighted by molar-refractivity contribution is -0.130. The summed E-state index contributed by atoms with van der Waals surface area (Å²) in [6.07, 6.45) is 6.82. The molecule has 3 unspecified atom stereocenters. The Bertz CT molecular complexity index is 280. The van der Waals surface area contributed by atoms with Crippen LogP contribution >= 0.6 is 0 Å². The molecule has 1 aliphatic carbocycles. The number of fused-ring (bicyclic) bond motifs is 1. The maximum atomic E-state index is 12.1. The Hall–Kier alpha value is -0.570. The van der Waals surface area contributed by atoms with Crippen LogP contribution in [0.3, 0.4) is 0 Å². The fourth-order valence-corrected chi connectivity index (χ4v) is 3.13. The first-order chi connectivity index (χ1) is 7.98. The van der Waals surface area contributed by atoms with Crippen LogP contribution in [-0.2, 0) is 4.79 Å². The molecular formula is C14H26N2O. The van der Waals surface area contributed by atoms with E-state index in [1.165, 1.54) is 32.1 Å². The van der Waals surface area contributed by atoms with Gasteiger partial charge in [0.15, 0.2) is 0 Å². The first-order valence-corrected chi connectivity index (χ1v) is 7.03.